The van der Waals surface area contributed by atoms with Gasteiger partial charge in [0.1, 0.15) is 18.2 Å². The Bertz CT molecular complexity index is 944. The van der Waals surface area contributed by atoms with Crippen molar-refractivity contribution in [3.05, 3.63) is 59.9 Å². The molecule has 0 aliphatic heterocycles. The predicted molar refractivity (Wildman–Crippen MR) is 150 cm³/mol. The van der Waals surface area contributed by atoms with Gasteiger partial charge >= 0.3 is 0 Å². The molecule has 0 spiro atoms. The standard InChI is InChI=1S/C32H48N2O/c1-3-5-6-7-8-9-10-11-12-13-14-15-16-19-26-34-31-21-18-17-20-30(31)33-32(34)27-35-29-24-22-28(4-2)23-25-29/h17-18,20-25H,3-16,19,26-27H2,1-2H3. The van der Waals surface area contributed by atoms with Crippen LogP contribution in [0.3, 0.4) is 0 Å². The third-order valence-electron chi connectivity index (χ3n) is 7.17. The SMILES string of the molecule is CCCCCCCCCCCCCCCCn1c(COc2ccc(CC)cc2)nc2ccccc21. The zero-order valence-corrected chi connectivity index (χ0v) is 22.4. The van der Waals surface area contributed by atoms with Crippen LogP contribution in [0, 0.1) is 0 Å². The maximum absolute atomic E-state index is 6.10. The van der Waals surface area contributed by atoms with Crippen molar-refractivity contribution >= 4 is 11.0 Å². The molecule has 3 heteroatoms. The van der Waals surface area contributed by atoms with Crippen molar-refractivity contribution in [3.63, 3.8) is 0 Å². The van der Waals surface area contributed by atoms with E-state index < -0.39 is 0 Å². The van der Waals surface area contributed by atoms with Gasteiger partial charge in [-0.1, -0.05) is 122 Å². The summed E-state index contributed by atoms with van der Waals surface area (Å²) in [6, 6.07) is 16.9. The quantitative estimate of drug-likeness (QED) is 0.161. The molecule has 0 aliphatic carbocycles. The molecule has 0 saturated heterocycles. The summed E-state index contributed by atoms with van der Waals surface area (Å²) in [5.74, 6) is 1.94. The molecule has 3 aromatic rings. The number of aromatic nitrogens is 2. The van der Waals surface area contributed by atoms with E-state index in [0.717, 1.165) is 30.1 Å². The molecule has 0 aliphatic rings. The van der Waals surface area contributed by atoms with Crippen molar-refractivity contribution in [2.45, 2.75) is 123 Å². The molecule has 0 fully saturated rings. The van der Waals surface area contributed by atoms with Crippen LogP contribution in [0.4, 0.5) is 0 Å². The predicted octanol–water partition coefficient (Wildman–Crippen LogP) is 9.66. The number of hydrogen-bond acceptors (Lipinski definition) is 2. The molecule has 0 radical (unpaired) electrons. The van der Waals surface area contributed by atoms with Gasteiger partial charge in [-0.2, -0.15) is 0 Å². The molecule has 0 N–H and O–H groups in total. The fraction of sp³-hybridized carbons (Fsp3) is 0.594. The van der Waals surface area contributed by atoms with E-state index in [2.05, 4.69) is 66.9 Å². The smallest absolute Gasteiger partial charge is 0.147 e. The Labute approximate surface area is 214 Å². The first-order chi connectivity index (χ1) is 17.3. The molecule has 0 unspecified atom stereocenters. The fourth-order valence-corrected chi connectivity index (χ4v) is 4.92. The van der Waals surface area contributed by atoms with Gasteiger partial charge in [-0.3, -0.25) is 0 Å². The van der Waals surface area contributed by atoms with Gasteiger partial charge in [0.05, 0.1) is 11.0 Å². The molecule has 192 valence electrons. The van der Waals surface area contributed by atoms with E-state index in [9.17, 15) is 0 Å². The Kier molecular flexibility index (Phi) is 12.8. The van der Waals surface area contributed by atoms with E-state index in [-0.39, 0.29) is 0 Å². The molecular formula is C32H48N2O. The van der Waals surface area contributed by atoms with Crippen molar-refractivity contribution in [1.82, 2.24) is 9.55 Å². The van der Waals surface area contributed by atoms with E-state index in [0.29, 0.717) is 6.61 Å². The first-order valence-corrected chi connectivity index (χ1v) is 14.5. The van der Waals surface area contributed by atoms with Crippen LogP contribution in [0.15, 0.2) is 48.5 Å². The fourth-order valence-electron chi connectivity index (χ4n) is 4.92. The van der Waals surface area contributed by atoms with Gasteiger partial charge in [0.15, 0.2) is 0 Å². The van der Waals surface area contributed by atoms with Crippen LogP contribution >= 0.6 is 0 Å². The largest absolute Gasteiger partial charge is 0.486 e. The molecule has 1 aromatic heterocycles. The summed E-state index contributed by atoms with van der Waals surface area (Å²) in [6.45, 7) is 6.00. The number of hydrogen-bond donors (Lipinski definition) is 0. The van der Waals surface area contributed by atoms with Crippen LogP contribution in [0.5, 0.6) is 5.75 Å². The van der Waals surface area contributed by atoms with Crippen molar-refractivity contribution in [1.29, 1.82) is 0 Å². The number of aryl methyl sites for hydroxylation is 2. The minimum absolute atomic E-state index is 0.513. The normalized spacial score (nSPS) is 11.4. The lowest BCUT2D eigenvalue weighted by atomic mass is 10.0. The number of para-hydroxylation sites is 2. The monoisotopic (exact) mass is 476 g/mol. The van der Waals surface area contributed by atoms with Crippen LogP contribution in [0.1, 0.15) is 115 Å². The number of unbranched alkanes of at least 4 members (excludes halogenated alkanes) is 13. The summed E-state index contributed by atoms with van der Waals surface area (Å²) in [6.07, 6.45) is 20.5. The lowest BCUT2D eigenvalue weighted by molar-refractivity contribution is 0.289. The first-order valence-electron chi connectivity index (χ1n) is 14.5. The summed E-state index contributed by atoms with van der Waals surface area (Å²) < 4.78 is 8.47. The average molecular weight is 477 g/mol. The second-order valence-corrected chi connectivity index (χ2v) is 10.1. The second-order valence-electron chi connectivity index (χ2n) is 10.1. The number of imidazole rings is 1. The molecule has 0 amide bonds. The lowest BCUT2D eigenvalue weighted by Crippen LogP contribution is -2.07. The lowest BCUT2D eigenvalue weighted by Gasteiger charge is -2.11. The molecule has 0 bridgehead atoms. The minimum Gasteiger partial charge on any atom is -0.486 e. The summed E-state index contributed by atoms with van der Waals surface area (Å²) in [4.78, 5) is 4.88. The molecule has 0 saturated carbocycles. The van der Waals surface area contributed by atoms with Crippen molar-refractivity contribution in [2.75, 3.05) is 0 Å². The van der Waals surface area contributed by atoms with Gasteiger partial charge in [0.2, 0.25) is 0 Å². The van der Waals surface area contributed by atoms with Gasteiger partial charge in [-0.15, -0.1) is 0 Å². The minimum atomic E-state index is 0.513. The van der Waals surface area contributed by atoms with E-state index >= 15 is 0 Å². The number of fused-ring (bicyclic) bond motifs is 1. The third kappa shape index (κ3) is 9.70. The van der Waals surface area contributed by atoms with Gasteiger partial charge in [0, 0.05) is 6.54 Å². The van der Waals surface area contributed by atoms with E-state index in [1.54, 1.807) is 0 Å². The van der Waals surface area contributed by atoms with Crippen LogP contribution < -0.4 is 4.74 Å². The highest BCUT2D eigenvalue weighted by Crippen LogP contribution is 2.20. The van der Waals surface area contributed by atoms with Crippen molar-refractivity contribution in [2.24, 2.45) is 0 Å². The van der Waals surface area contributed by atoms with Gasteiger partial charge in [-0.25, -0.2) is 4.98 Å². The zero-order valence-electron chi connectivity index (χ0n) is 22.4. The summed E-state index contributed by atoms with van der Waals surface area (Å²) >= 11 is 0. The number of nitrogens with zero attached hydrogens (tertiary/aromatic N) is 2. The van der Waals surface area contributed by atoms with Crippen LogP contribution in [0.25, 0.3) is 11.0 Å². The Morgan fingerprint density at radius 2 is 1.23 bits per heavy atom. The van der Waals surface area contributed by atoms with Gasteiger partial charge in [-0.05, 0) is 42.7 Å². The summed E-state index contributed by atoms with van der Waals surface area (Å²) in [5, 5.41) is 0. The number of rotatable bonds is 19. The number of benzene rings is 2. The Morgan fingerprint density at radius 1 is 0.657 bits per heavy atom. The van der Waals surface area contributed by atoms with Crippen molar-refractivity contribution in [3.8, 4) is 5.75 Å². The molecule has 2 aromatic carbocycles. The van der Waals surface area contributed by atoms with E-state index in [4.69, 9.17) is 9.72 Å². The topological polar surface area (TPSA) is 27.1 Å². The molecule has 3 nitrogen and oxygen atoms in total. The molecule has 3 rings (SSSR count). The second kappa shape index (κ2) is 16.4. The third-order valence-corrected chi connectivity index (χ3v) is 7.17. The van der Waals surface area contributed by atoms with E-state index in [1.165, 1.54) is 101 Å². The molecule has 35 heavy (non-hydrogen) atoms. The van der Waals surface area contributed by atoms with Crippen LogP contribution in [-0.2, 0) is 19.6 Å². The first kappa shape index (κ1) is 27.3. The van der Waals surface area contributed by atoms with Crippen LogP contribution in [-0.4, -0.2) is 9.55 Å². The summed E-state index contributed by atoms with van der Waals surface area (Å²) in [7, 11) is 0. The Hall–Kier alpha value is -2.29. The Morgan fingerprint density at radius 3 is 1.83 bits per heavy atom. The average Bonchev–Trinajstić information content (AvgIpc) is 3.25. The zero-order chi connectivity index (χ0) is 24.6. The highest BCUT2D eigenvalue weighted by molar-refractivity contribution is 5.75. The summed E-state index contributed by atoms with van der Waals surface area (Å²) in [5.41, 5.74) is 3.63. The molecule has 1 heterocycles. The van der Waals surface area contributed by atoms with Gasteiger partial charge < -0.3 is 9.30 Å². The Balaban J connectivity index is 1.34. The van der Waals surface area contributed by atoms with Crippen molar-refractivity contribution < 1.29 is 4.74 Å². The van der Waals surface area contributed by atoms with Gasteiger partial charge in [0.25, 0.3) is 0 Å². The molecule has 0 atom stereocenters. The number of ether oxygens (including phenoxy) is 1. The highest BCUT2D eigenvalue weighted by Gasteiger charge is 2.11. The maximum atomic E-state index is 6.10. The van der Waals surface area contributed by atoms with E-state index in [1.807, 2.05) is 0 Å². The molecular weight excluding hydrogens is 428 g/mol. The maximum Gasteiger partial charge on any atom is 0.147 e. The highest BCUT2D eigenvalue weighted by atomic mass is 16.5. The van der Waals surface area contributed by atoms with Crippen LogP contribution in [0.2, 0.25) is 0 Å².